The first-order chi connectivity index (χ1) is 11.3. The fourth-order valence-electron chi connectivity index (χ4n) is 2.95. The number of ether oxygens (including phenoxy) is 1. The third-order valence-electron chi connectivity index (χ3n) is 4.44. The summed E-state index contributed by atoms with van der Waals surface area (Å²) in [4.78, 5) is 7.00. The predicted molar refractivity (Wildman–Crippen MR) is 94.6 cm³/mol. The van der Waals surface area contributed by atoms with Gasteiger partial charge in [-0.1, -0.05) is 32.0 Å². The van der Waals surface area contributed by atoms with Crippen LogP contribution in [-0.4, -0.2) is 41.9 Å². The molecule has 122 valence electrons. The lowest BCUT2D eigenvalue weighted by Crippen LogP contribution is -2.25. The van der Waals surface area contributed by atoms with Gasteiger partial charge < -0.3 is 14.2 Å². The standard InChI is InChI=1S/C19H25N3O/c1-3-21(4-2)12-11-20-13-17-9-10-18-15-23-19-8-6-5-7-16(19)14-22(17)18/h5-10,13H,3-4,11-12,14-15H2,1-2H3. The van der Waals surface area contributed by atoms with Crippen molar-refractivity contribution in [2.24, 2.45) is 4.99 Å². The number of likely N-dealkylation sites (N-methyl/N-ethyl adjacent to an activating group) is 1. The van der Waals surface area contributed by atoms with Crippen molar-refractivity contribution < 1.29 is 4.74 Å². The lowest BCUT2D eigenvalue weighted by molar-refractivity contribution is 0.303. The van der Waals surface area contributed by atoms with Crippen LogP contribution in [0.25, 0.3) is 0 Å². The van der Waals surface area contributed by atoms with Crippen LogP contribution in [0.5, 0.6) is 5.75 Å². The van der Waals surface area contributed by atoms with E-state index in [1.165, 1.54) is 11.3 Å². The fraction of sp³-hybridized carbons (Fsp3) is 0.421. The van der Waals surface area contributed by atoms with Crippen LogP contribution in [0.3, 0.4) is 0 Å². The molecule has 1 aromatic carbocycles. The summed E-state index contributed by atoms with van der Waals surface area (Å²) in [5.41, 5.74) is 3.58. The molecule has 4 heteroatoms. The molecule has 0 bridgehead atoms. The van der Waals surface area contributed by atoms with Crippen molar-refractivity contribution in [3.05, 3.63) is 53.3 Å². The summed E-state index contributed by atoms with van der Waals surface area (Å²) < 4.78 is 8.20. The molecule has 0 saturated heterocycles. The largest absolute Gasteiger partial charge is 0.487 e. The van der Waals surface area contributed by atoms with E-state index in [2.05, 4.69) is 52.6 Å². The summed E-state index contributed by atoms with van der Waals surface area (Å²) >= 11 is 0. The summed E-state index contributed by atoms with van der Waals surface area (Å²) in [5, 5.41) is 0. The van der Waals surface area contributed by atoms with Crippen molar-refractivity contribution >= 4 is 6.21 Å². The number of aromatic nitrogens is 1. The van der Waals surface area contributed by atoms with Crippen molar-refractivity contribution in [3.63, 3.8) is 0 Å². The molecule has 1 aromatic heterocycles. The van der Waals surface area contributed by atoms with Gasteiger partial charge in [0.1, 0.15) is 12.4 Å². The van der Waals surface area contributed by atoms with E-state index in [1.807, 2.05) is 18.3 Å². The van der Waals surface area contributed by atoms with E-state index in [4.69, 9.17) is 4.74 Å². The third kappa shape index (κ3) is 3.64. The molecule has 0 aliphatic carbocycles. The molecule has 1 aliphatic rings. The van der Waals surface area contributed by atoms with E-state index < -0.39 is 0 Å². The number of fused-ring (bicyclic) bond motifs is 2. The molecule has 0 spiro atoms. The lowest BCUT2D eigenvalue weighted by Gasteiger charge is -2.15. The zero-order valence-corrected chi connectivity index (χ0v) is 14.0. The highest BCUT2D eigenvalue weighted by molar-refractivity contribution is 5.78. The van der Waals surface area contributed by atoms with E-state index in [0.29, 0.717) is 6.61 Å². The van der Waals surface area contributed by atoms with Gasteiger partial charge in [0.15, 0.2) is 0 Å². The third-order valence-corrected chi connectivity index (χ3v) is 4.44. The van der Waals surface area contributed by atoms with Gasteiger partial charge in [0.2, 0.25) is 0 Å². The van der Waals surface area contributed by atoms with Crippen LogP contribution >= 0.6 is 0 Å². The number of hydrogen-bond donors (Lipinski definition) is 0. The van der Waals surface area contributed by atoms with Gasteiger partial charge in [-0.25, -0.2) is 0 Å². The zero-order chi connectivity index (χ0) is 16.1. The molecular weight excluding hydrogens is 286 g/mol. The van der Waals surface area contributed by atoms with E-state index in [9.17, 15) is 0 Å². The number of benzene rings is 1. The van der Waals surface area contributed by atoms with Crippen molar-refractivity contribution in [1.29, 1.82) is 0 Å². The number of hydrogen-bond acceptors (Lipinski definition) is 3. The molecule has 0 saturated carbocycles. The molecule has 23 heavy (non-hydrogen) atoms. The Morgan fingerprint density at radius 3 is 2.83 bits per heavy atom. The maximum absolute atomic E-state index is 5.90. The van der Waals surface area contributed by atoms with Crippen molar-refractivity contribution in [3.8, 4) is 5.75 Å². The molecule has 3 rings (SSSR count). The topological polar surface area (TPSA) is 29.8 Å². The van der Waals surface area contributed by atoms with Gasteiger partial charge in [-0.15, -0.1) is 0 Å². The van der Waals surface area contributed by atoms with Gasteiger partial charge in [0.05, 0.1) is 24.5 Å². The second kappa shape index (κ2) is 7.47. The van der Waals surface area contributed by atoms with Gasteiger partial charge in [-0.05, 0) is 31.3 Å². The molecule has 0 N–H and O–H groups in total. The minimum absolute atomic E-state index is 0.615. The van der Waals surface area contributed by atoms with Crippen LogP contribution in [0.15, 0.2) is 41.4 Å². The molecule has 0 amide bonds. The second-order valence-corrected chi connectivity index (χ2v) is 5.79. The fourth-order valence-corrected chi connectivity index (χ4v) is 2.95. The van der Waals surface area contributed by atoms with Crippen LogP contribution in [-0.2, 0) is 13.2 Å². The normalized spacial score (nSPS) is 13.7. The Kier molecular flexibility index (Phi) is 5.13. The minimum Gasteiger partial charge on any atom is -0.487 e. The van der Waals surface area contributed by atoms with Crippen molar-refractivity contribution in [2.75, 3.05) is 26.2 Å². The predicted octanol–water partition coefficient (Wildman–Crippen LogP) is 3.19. The lowest BCUT2D eigenvalue weighted by atomic mass is 10.2. The van der Waals surface area contributed by atoms with Crippen molar-refractivity contribution in [1.82, 2.24) is 9.47 Å². The van der Waals surface area contributed by atoms with Crippen LogP contribution in [0.1, 0.15) is 30.8 Å². The monoisotopic (exact) mass is 311 g/mol. The molecule has 0 radical (unpaired) electrons. The number of rotatable bonds is 6. The summed E-state index contributed by atoms with van der Waals surface area (Å²) in [7, 11) is 0. The van der Waals surface area contributed by atoms with E-state index in [-0.39, 0.29) is 0 Å². The first-order valence-corrected chi connectivity index (χ1v) is 8.43. The SMILES string of the molecule is CCN(CC)CCN=Cc1ccc2n1Cc1ccccc1OC2. The Morgan fingerprint density at radius 1 is 1.17 bits per heavy atom. The van der Waals surface area contributed by atoms with Gasteiger partial charge in [-0.3, -0.25) is 4.99 Å². The number of para-hydroxylation sites is 1. The first kappa shape index (κ1) is 15.8. The smallest absolute Gasteiger partial charge is 0.128 e. The molecule has 4 nitrogen and oxygen atoms in total. The highest BCUT2D eigenvalue weighted by Gasteiger charge is 2.15. The molecular formula is C19H25N3O. The molecule has 0 unspecified atom stereocenters. The molecule has 1 aliphatic heterocycles. The maximum Gasteiger partial charge on any atom is 0.128 e. The average Bonchev–Trinajstić information content (AvgIpc) is 2.86. The van der Waals surface area contributed by atoms with Crippen LogP contribution < -0.4 is 4.74 Å². The van der Waals surface area contributed by atoms with Crippen LogP contribution in [0.4, 0.5) is 0 Å². The van der Waals surface area contributed by atoms with Gasteiger partial charge in [-0.2, -0.15) is 0 Å². The zero-order valence-electron chi connectivity index (χ0n) is 14.0. The van der Waals surface area contributed by atoms with Gasteiger partial charge >= 0.3 is 0 Å². The second-order valence-electron chi connectivity index (χ2n) is 5.79. The minimum atomic E-state index is 0.615. The quantitative estimate of drug-likeness (QED) is 0.767. The average molecular weight is 311 g/mol. The van der Waals surface area contributed by atoms with Gasteiger partial charge in [0.25, 0.3) is 0 Å². The molecule has 2 heterocycles. The Labute approximate surface area is 138 Å². The Hall–Kier alpha value is -2.07. The van der Waals surface area contributed by atoms with Crippen LogP contribution in [0, 0.1) is 0 Å². The maximum atomic E-state index is 5.90. The molecule has 0 fully saturated rings. The van der Waals surface area contributed by atoms with Crippen molar-refractivity contribution in [2.45, 2.75) is 27.0 Å². The summed E-state index contributed by atoms with van der Waals surface area (Å²) in [6, 6.07) is 12.5. The van der Waals surface area contributed by atoms with Crippen LogP contribution in [0.2, 0.25) is 0 Å². The number of nitrogens with zero attached hydrogens (tertiary/aromatic N) is 3. The summed E-state index contributed by atoms with van der Waals surface area (Å²) in [6.45, 7) is 9.87. The number of aliphatic imine (C=N–C) groups is 1. The Bertz CT molecular complexity index is 671. The van der Waals surface area contributed by atoms with E-state index >= 15 is 0 Å². The Balaban J connectivity index is 1.71. The summed E-state index contributed by atoms with van der Waals surface area (Å²) in [6.07, 6.45) is 2.00. The van der Waals surface area contributed by atoms with Gasteiger partial charge in [0, 0.05) is 18.3 Å². The first-order valence-electron chi connectivity index (χ1n) is 8.43. The Morgan fingerprint density at radius 2 is 2.00 bits per heavy atom. The van der Waals surface area contributed by atoms with E-state index in [0.717, 1.165) is 44.2 Å². The van der Waals surface area contributed by atoms with E-state index in [1.54, 1.807) is 0 Å². The molecule has 2 aromatic rings. The summed E-state index contributed by atoms with van der Waals surface area (Å²) in [5.74, 6) is 0.987. The highest BCUT2D eigenvalue weighted by Crippen LogP contribution is 2.25. The molecule has 0 atom stereocenters. The highest BCUT2D eigenvalue weighted by atomic mass is 16.5.